The van der Waals surface area contributed by atoms with Gasteiger partial charge in [0.15, 0.2) is 34.4 Å². The molecule has 8 aromatic rings. The molecule has 22 heteroatoms. The van der Waals surface area contributed by atoms with Crippen LogP contribution >= 0.6 is 0 Å². The lowest BCUT2D eigenvalue weighted by atomic mass is 10.0. The fourth-order valence-electron chi connectivity index (χ4n) is 8.72. The Balaban J connectivity index is 0.000000198. The van der Waals surface area contributed by atoms with E-state index in [4.69, 9.17) is 23.7 Å². The summed E-state index contributed by atoms with van der Waals surface area (Å²) in [6, 6.07) is 22.3. The zero-order chi connectivity index (χ0) is 57.9. The van der Waals surface area contributed by atoms with E-state index >= 15 is 0 Å². The van der Waals surface area contributed by atoms with Crippen LogP contribution in [0.3, 0.4) is 0 Å². The molecule has 4 aromatic heterocycles. The highest BCUT2D eigenvalue weighted by Crippen LogP contribution is 2.37. The maximum absolute atomic E-state index is 14.5. The van der Waals surface area contributed by atoms with E-state index in [0.29, 0.717) is 39.4 Å². The van der Waals surface area contributed by atoms with Crippen LogP contribution in [0, 0.1) is 25.5 Å². The Bertz CT molecular complexity index is 3650. The first kappa shape index (κ1) is 56.8. The second-order valence-electron chi connectivity index (χ2n) is 20.4. The molecule has 16 nitrogen and oxygen atoms in total. The number of pyridine rings is 2. The quantitative estimate of drug-likeness (QED) is 0.0699. The summed E-state index contributed by atoms with van der Waals surface area (Å²) in [6.45, 7) is 7.01. The smallest absolute Gasteiger partial charge is 0.415 e. The molecule has 0 bridgehead atoms. The number of hydrogen-bond donors (Lipinski definition) is 3. The van der Waals surface area contributed by atoms with Crippen molar-refractivity contribution in [1.29, 1.82) is 0 Å². The molecule has 0 atom stereocenters. The number of alkyl halides is 4. The van der Waals surface area contributed by atoms with Gasteiger partial charge in [0, 0.05) is 58.6 Å². The molecule has 0 unspecified atom stereocenters. The van der Waals surface area contributed by atoms with E-state index in [9.17, 15) is 40.7 Å². The minimum absolute atomic E-state index is 0.00515. The van der Waals surface area contributed by atoms with Gasteiger partial charge in [0.1, 0.15) is 28.6 Å². The molecule has 81 heavy (non-hydrogen) atoms. The molecular weight excluding hydrogens is 1060 g/mol. The summed E-state index contributed by atoms with van der Waals surface area (Å²) in [6.07, 6.45) is 3.82. The summed E-state index contributed by atoms with van der Waals surface area (Å²) < 4.78 is 113. The predicted molar refractivity (Wildman–Crippen MR) is 292 cm³/mol. The Labute approximate surface area is 462 Å². The van der Waals surface area contributed by atoms with Gasteiger partial charge in [-0.05, 0) is 120 Å². The van der Waals surface area contributed by atoms with Gasteiger partial charge in [-0.3, -0.25) is 23.3 Å². The molecule has 0 spiro atoms. The largest absolute Gasteiger partial charge is 0.494 e. The number of fused-ring (bicyclic) bond motifs is 2. The minimum Gasteiger partial charge on any atom is -0.494 e. The third-order valence-electron chi connectivity index (χ3n) is 12.9. The first-order valence-corrected chi connectivity index (χ1v) is 25.8. The van der Waals surface area contributed by atoms with Crippen LogP contribution in [0.5, 0.6) is 34.5 Å². The molecule has 0 radical (unpaired) electrons. The Morgan fingerprint density at radius 1 is 0.642 bits per heavy atom. The van der Waals surface area contributed by atoms with Crippen molar-refractivity contribution in [3.8, 4) is 57.0 Å². The van der Waals surface area contributed by atoms with Crippen LogP contribution in [0.1, 0.15) is 78.3 Å². The summed E-state index contributed by atoms with van der Waals surface area (Å²) in [4.78, 5) is 48.2. The van der Waals surface area contributed by atoms with E-state index < -0.39 is 49.3 Å². The topological polar surface area (TPSA) is 171 Å². The summed E-state index contributed by atoms with van der Waals surface area (Å²) in [5.41, 5.74) is 5.25. The number of anilines is 2. The average molecular weight is 1120 g/mol. The Hall–Kier alpha value is -8.95. The van der Waals surface area contributed by atoms with Gasteiger partial charge in [-0.1, -0.05) is 12.1 Å². The minimum atomic E-state index is -2.89. The number of nitrogens with one attached hydrogen (secondary N) is 3. The predicted octanol–water partition coefficient (Wildman–Crippen LogP) is 13.0. The molecule has 2 aliphatic rings. The van der Waals surface area contributed by atoms with Crippen molar-refractivity contribution in [3.63, 3.8) is 0 Å². The van der Waals surface area contributed by atoms with E-state index in [2.05, 4.69) is 25.9 Å². The average Bonchev–Trinajstić information content (AvgIpc) is 4.44. The van der Waals surface area contributed by atoms with Crippen molar-refractivity contribution in [2.24, 2.45) is 0 Å². The lowest BCUT2D eigenvalue weighted by molar-refractivity contribution is 0.0543. The Kier molecular flexibility index (Phi) is 16.7. The fourth-order valence-corrected chi connectivity index (χ4v) is 8.72. The second kappa shape index (κ2) is 23.8. The van der Waals surface area contributed by atoms with Crippen LogP contribution < -0.4 is 39.8 Å². The van der Waals surface area contributed by atoms with Crippen LogP contribution in [-0.4, -0.2) is 94.5 Å². The number of methoxy groups -OCH3 is 2. The number of halogens is 6. The van der Waals surface area contributed by atoms with Crippen LogP contribution in [0.25, 0.3) is 33.8 Å². The number of hydrogen-bond acceptors (Lipinski definition) is 11. The normalized spacial score (nSPS) is 13.2. The van der Waals surface area contributed by atoms with Crippen LogP contribution in [-0.2, 0) is 4.74 Å². The maximum Gasteiger partial charge on any atom is 0.415 e. The third-order valence-corrected chi connectivity index (χ3v) is 12.9. The van der Waals surface area contributed by atoms with Gasteiger partial charge in [-0.2, -0.15) is 0 Å². The van der Waals surface area contributed by atoms with E-state index in [0.717, 1.165) is 53.3 Å². The lowest BCUT2D eigenvalue weighted by Crippen LogP contribution is -2.40. The van der Waals surface area contributed by atoms with Gasteiger partial charge in [0.2, 0.25) is 0 Å². The third kappa shape index (κ3) is 13.7. The van der Waals surface area contributed by atoms with Gasteiger partial charge in [-0.15, -0.1) is 0 Å². The summed E-state index contributed by atoms with van der Waals surface area (Å²) in [5.74, 6) is -0.722. The highest BCUT2D eigenvalue weighted by atomic mass is 19.3. The van der Waals surface area contributed by atoms with Gasteiger partial charge in [0.05, 0.1) is 74.9 Å². The van der Waals surface area contributed by atoms with E-state index in [-0.39, 0.29) is 69.7 Å². The first-order valence-electron chi connectivity index (χ1n) is 25.8. The molecule has 0 saturated heterocycles. The fraction of sp³-hybridized carbons (Fsp3) is 0.305. The summed E-state index contributed by atoms with van der Waals surface area (Å²) >= 11 is 0. The molecule has 0 aliphatic heterocycles. The molecule has 10 rings (SSSR count). The van der Waals surface area contributed by atoms with Crippen molar-refractivity contribution in [2.75, 3.05) is 37.5 Å². The first-order chi connectivity index (χ1) is 38.6. The van der Waals surface area contributed by atoms with Gasteiger partial charge < -0.3 is 39.6 Å². The summed E-state index contributed by atoms with van der Waals surface area (Å²) in [7, 11) is 2.70. The SMILES string of the molecule is COc1ccc(Oc2cc(N(CC(F)F)C(=O)OC(C)(C)C)c3ncc(-c4ccc(C(=O)NC5CC5)c(C)c4)n3c2)cc1F.COc1ccc(Oc2cc(NCC(F)F)c3ncc(-c4ccc(C(=O)NC5CC5)c(C)c4)n3c2)cc1F. The highest BCUT2D eigenvalue weighted by Gasteiger charge is 2.31. The molecule has 3 N–H and O–H groups in total. The van der Waals surface area contributed by atoms with Crippen molar-refractivity contribution >= 4 is 40.6 Å². The number of imidazole rings is 2. The van der Waals surface area contributed by atoms with Crippen LogP contribution in [0.15, 0.2) is 110 Å². The van der Waals surface area contributed by atoms with E-state index in [1.807, 2.05) is 32.0 Å². The van der Waals surface area contributed by atoms with Crippen molar-refractivity contribution in [1.82, 2.24) is 29.4 Å². The number of aromatic nitrogens is 4. The number of benzene rings is 4. The molecule has 2 saturated carbocycles. The molecule has 4 heterocycles. The van der Waals surface area contributed by atoms with Crippen LogP contribution in [0.2, 0.25) is 0 Å². The number of nitrogens with zero attached hydrogens (tertiary/aromatic N) is 5. The van der Waals surface area contributed by atoms with Gasteiger partial charge in [-0.25, -0.2) is 41.1 Å². The second-order valence-corrected chi connectivity index (χ2v) is 20.4. The molecular formula is C59H58F6N8O8. The van der Waals surface area contributed by atoms with Crippen molar-refractivity contribution in [3.05, 3.63) is 144 Å². The molecule has 3 amide bonds. The maximum atomic E-state index is 14.5. The number of rotatable bonds is 18. The molecule has 2 fully saturated rings. The van der Waals surface area contributed by atoms with Crippen molar-refractivity contribution < 1.29 is 64.4 Å². The van der Waals surface area contributed by atoms with Crippen LogP contribution in [0.4, 0.5) is 42.5 Å². The van der Waals surface area contributed by atoms with E-state index in [1.54, 1.807) is 72.4 Å². The zero-order valence-electron chi connectivity index (χ0n) is 45.2. The zero-order valence-corrected chi connectivity index (χ0v) is 45.2. The Morgan fingerprint density at radius 2 is 1.12 bits per heavy atom. The Morgan fingerprint density at radius 3 is 1.56 bits per heavy atom. The number of carbonyl (C=O) groups excluding carboxylic acids is 3. The molecule has 4 aromatic carbocycles. The van der Waals surface area contributed by atoms with E-state index in [1.165, 1.54) is 56.8 Å². The number of amides is 3. The number of aryl methyl sites for hydroxylation is 2. The van der Waals surface area contributed by atoms with Gasteiger partial charge >= 0.3 is 6.09 Å². The highest BCUT2D eigenvalue weighted by molar-refractivity contribution is 5.98. The summed E-state index contributed by atoms with van der Waals surface area (Å²) in [5, 5.41) is 8.68. The number of ether oxygens (including phenoxy) is 5. The van der Waals surface area contributed by atoms with Crippen molar-refractivity contribution in [2.45, 2.75) is 90.8 Å². The monoisotopic (exact) mass is 1120 g/mol. The molecule has 424 valence electrons. The number of carbonyl (C=O) groups is 3. The van der Waals surface area contributed by atoms with Gasteiger partial charge in [0.25, 0.3) is 24.7 Å². The standard InChI is InChI=1S/C32H33F3N4O5.C27H25F3N4O3/c1-18-12-19(6-10-23(18)30(40)37-20-7-8-20)26-15-36-29-25(39(17-28(34)35)31(41)44-32(2,3)4)14-22(16-38(26)29)43-21-9-11-27(42-5)24(33)13-21;1-15-9-16(3-7-20(15)27(35)33-17-4-5-17)23-12-32-26-22(31-13-25(29)30)11-19(14-34(23)26)37-18-6-8-24(36-2)21(28)10-18/h6,9-16,20,28H,7-8,17H2,1-5H3,(H,37,40);3,6-12,14,17,25,31H,4-5,13H2,1-2H3,(H,33,35). The lowest BCUT2D eigenvalue weighted by Gasteiger charge is -2.27. The molecule has 2 aliphatic carbocycles.